The number of amides is 2. The van der Waals surface area contributed by atoms with Crippen LogP contribution >= 0.6 is 33.9 Å². The zero-order chi connectivity index (χ0) is 27.8. The molecule has 6 nitrogen and oxygen atoms in total. The Morgan fingerprint density at radius 2 is 2.08 bits per heavy atom. The number of nitrogens with zero attached hydrogens (tertiary/aromatic N) is 1. The number of fused-ring (bicyclic) bond motifs is 3. The molecule has 3 heterocycles. The van der Waals surface area contributed by atoms with Crippen molar-refractivity contribution in [2.75, 3.05) is 13.7 Å². The number of ether oxygens (including phenoxy) is 2. The van der Waals surface area contributed by atoms with E-state index in [0.29, 0.717) is 31.2 Å². The van der Waals surface area contributed by atoms with Crippen LogP contribution in [-0.4, -0.2) is 41.6 Å². The summed E-state index contributed by atoms with van der Waals surface area (Å²) in [5, 5.41) is 12.2. The number of phenolic OH excluding ortho intramolecular Hbond substituents is 1. The summed E-state index contributed by atoms with van der Waals surface area (Å²) < 4.78 is 12.5. The van der Waals surface area contributed by atoms with Gasteiger partial charge in [0.2, 0.25) is 11.8 Å². The first kappa shape index (κ1) is 28.4. The van der Waals surface area contributed by atoms with E-state index < -0.39 is 0 Å². The minimum atomic E-state index is -0.312. The second-order valence-corrected chi connectivity index (χ2v) is 13.2. The number of halogens is 1. The SMILES string of the molecule is CC/C(=C\c1cc(I)c(O)c(OC)c1)CC[C@H]1OC[C@H]2C1=C(C(C)C)C[C@H]1C(=O)N(Cc3cccs3)C(=O)[C@H]12. The van der Waals surface area contributed by atoms with Crippen molar-refractivity contribution in [1.29, 1.82) is 0 Å². The van der Waals surface area contributed by atoms with Gasteiger partial charge in [-0.1, -0.05) is 44.1 Å². The van der Waals surface area contributed by atoms with Gasteiger partial charge in [-0.2, -0.15) is 0 Å². The van der Waals surface area contributed by atoms with Gasteiger partial charge in [0.1, 0.15) is 0 Å². The maximum Gasteiger partial charge on any atom is 0.234 e. The fourth-order valence-corrected chi connectivity index (χ4v) is 7.79. The van der Waals surface area contributed by atoms with Crippen LogP contribution in [0.25, 0.3) is 6.08 Å². The molecular weight excluding hydrogens is 625 g/mol. The molecule has 2 saturated heterocycles. The van der Waals surface area contributed by atoms with Crippen molar-refractivity contribution in [2.45, 2.75) is 59.1 Å². The van der Waals surface area contributed by atoms with Crippen LogP contribution in [0.2, 0.25) is 0 Å². The van der Waals surface area contributed by atoms with Crippen LogP contribution in [0.15, 0.2) is 46.4 Å². The fourth-order valence-electron chi connectivity index (χ4n) is 6.47. The molecule has 0 bridgehead atoms. The van der Waals surface area contributed by atoms with Gasteiger partial charge in [0.05, 0.1) is 41.8 Å². The average molecular weight is 662 g/mol. The highest BCUT2D eigenvalue weighted by atomic mass is 127. The van der Waals surface area contributed by atoms with E-state index in [1.165, 1.54) is 21.6 Å². The predicted molar refractivity (Wildman–Crippen MR) is 161 cm³/mol. The highest BCUT2D eigenvalue weighted by Gasteiger charge is 2.57. The Kier molecular flexibility index (Phi) is 8.54. The number of thiophene rings is 1. The molecule has 0 unspecified atom stereocenters. The Morgan fingerprint density at radius 3 is 2.74 bits per heavy atom. The van der Waals surface area contributed by atoms with Crippen molar-refractivity contribution >= 4 is 51.8 Å². The Bertz CT molecular complexity index is 1310. The topological polar surface area (TPSA) is 76.1 Å². The van der Waals surface area contributed by atoms with Gasteiger partial charge in [-0.3, -0.25) is 14.5 Å². The second kappa shape index (κ2) is 11.7. The van der Waals surface area contributed by atoms with Crippen LogP contribution in [-0.2, 0) is 20.9 Å². The molecule has 2 aromatic rings. The summed E-state index contributed by atoms with van der Waals surface area (Å²) in [4.78, 5) is 29.6. The number of carbonyl (C=O) groups is 2. The van der Waals surface area contributed by atoms with Gasteiger partial charge in [-0.25, -0.2) is 0 Å². The van der Waals surface area contributed by atoms with Crippen molar-refractivity contribution in [3.05, 3.63) is 60.4 Å². The van der Waals surface area contributed by atoms with E-state index in [0.717, 1.165) is 33.3 Å². The molecule has 5 rings (SSSR count). The molecule has 39 heavy (non-hydrogen) atoms. The molecule has 1 aliphatic carbocycles. The number of methoxy groups -OCH3 is 1. The van der Waals surface area contributed by atoms with E-state index in [1.807, 2.05) is 29.6 Å². The number of likely N-dealkylation sites (tertiary alicyclic amines) is 1. The normalized spacial score (nSPS) is 25.1. The first-order valence-electron chi connectivity index (χ1n) is 13.7. The van der Waals surface area contributed by atoms with E-state index in [4.69, 9.17) is 9.47 Å². The van der Waals surface area contributed by atoms with Crippen molar-refractivity contribution < 1.29 is 24.2 Å². The lowest BCUT2D eigenvalue weighted by Crippen LogP contribution is -2.35. The van der Waals surface area contributed by atoms with Gasteiger partial charge < -0.3 is 14.6 Å². The zero-order valence-electron chi connectivity index (χ0n) is 22.9. The highest BCUT2D eigenvalue weighted by molar-refractivity contribution is 14.1. The third-order valence-electron chi connectivity index (χ3n) is 8.45. The number of allylic oxidation sites excluding steroid dienone is 2. The average Bonchev–Trinajstić information content (AvgIpc) is 3.64. The first-order chi connectivity index (χ1) is 18.7. The van der Waals surface area contributed by atoms with Crippen LogP contribution in [0.4, 0.5) is 0 Å². The van der Waals surface area contributed by atoms with Crippen molar-refractivity contribution in [1.82, 2.24) is 4.90 Å². The smallest absolute Gasteiger partial charge is 0.234 e. The summed E-state index contributed by atoms with van der Waals surface area (Å²) in [6.07, 6.45) is 5.41. The van der Waals surface area contributed by atoms with Gasteiger partial charge in [0.25, 0.3) is 0 Å². The number of imide groups is 1. The number of rotatable bonds is 9. The van der Waals surface area contributed by atoms with E-state index in [9.17, 15) is 14.7 Å². The summed E-state index contributed by atoms with van der Waals surface area (Å²) in [5.74, 6) is 0.278. The number of benzene rings is 1. The van der Waals surface area contributed by atoms with E-state index in [2.05, 4.69) is 49.4 Å². The maximum absolute atomic E-state index is 13.6. The largest absolute Gasteiger partial charge is 0.504 e. The van der Waals surface area contributed by atoms with E-state index in [1.54, 1.807) is 18.4 Å². The minimum absolute atomic E-state index is 0.0192. The Morgan fingerprint density at radius 1 is 1.28 bits per heavy atom. The monoisotopic (exact) mass is 661 g/mol. The van der Waals surface area contributed by atoms with Crippen LogP contribution in [0.5, 0.6) is 11.5 Å². The summed E-state index contributed by atoms with van der Waals surface area (Å²) in [6, 6.07) is 7.77. The third-order valence-corrected chi connectivity index (χ3v) is 10.1. The highest BCUT2D eigenvalue weighted by Crippen LogP contribution is 2.51. The van der Waals surface area contributed by atoms with Crippen molar-refractivity contribution in [2.24, 2.45) is 23.7 Å². The van der Waals surface area contributed by atoms with Crippen LogP contribution < -0.4 is 4.74 Å². The molecule has 1 aromatic heterocycles. The summed E-state index contributed by atoms with van der Waals surface area (Å²) in [6.45, 7) is 7.41. The number of hydrogen-bond acceptors (Lipinski definition) is 6. The molecule has 1 N–H and O–H groups in total. The molecule has 3 aliphatic rings. The number of hydrogen-bond donors (Lipinski definition) is 1. The quantitative estimate of drug-likeness (QED) is 0.182. The molecule has 1 aromatic carbocycles. The van der Waals surface area contributed by atoms with Crippen molar-refractivity contribution in [3.8, 4) is 11.5 Å². The van der Waals surface area contributed by atoms with Crippen LogP contribution in [0, 0.1) is 27.2 Å². The van der Waals surface area contributed by atoms with Gasteiger partial charge in [-0.15, -0.1) is 11.3 Å². The summed E-state index contributed by atoms with van der Waals surface area (Å²) in [7, 11) is 1.56. The molecule has 0 radical (unpaired) electrons. The third kappa shape index (κ3) is 5.44. The first-order valence-corrected chi connectivity index (χ1v) is 15.7. The van der Waals surface area contributed by atoms with Crippen molar-refractivity contribution in [3.63, 3.8) is 0 Å². The molecule has 0 saturated carbocycles. The zero-order valence-corrected chi connectivity index (χ0v) is 25.9. The predicted octanol–water partition coefficient (Wildman–Crippen LogP) is 6.81. The molecular formula is C31H36INO5S. The van der Waals surface area contributed by atoms with E-state index >= 15 is 0 Å². The molecule has 2 fully saturated rings. The van der Waals surface area contributed by atoms with Gasteiger partial charge in [0.15, 0.2) is 11.5 Å². The molecule has 0 spiro atoms. The Hall–Kier alpha value is -2.17. The molecule has 8 heteroatoms. The Labute approximate surface area is 248 Å². The van der Waals surface area contributed by atoms with Crippen LogP contribution in [0.1, 0.15) is 56.9 Å². The lowest BCUT2D eigenvalue weighted by atomic mass is 9.67. The standard InChI is InChI=1S/C31H36INO5S/c1-5-18(11-19-12-24(32)29(34)26(13-19)37-4)8-9-25-27-21(17(2)3)14-22-28(23(27)16-38-25)31(36)33(30(22)35)15-20-7-6-10-39-20/h6-7,10-13,17,22-23,25,28,34H,5,8-9,14-16H2,1-4H3/b18-11+/t22-,23+,25-,28-/m1/s1. The lowest BCUT2D eigenvalue weighted by Gasteiger charge is -2.33. The second-order valence-electron chi connectivity index (χ2n) is 11.0. The molecule has 2 amide bonds. The number of aromatic hydroxyl groups is 1. The van der Waals surface area contributed by atoms with Gasteiger partial charge in [0, 0.05) is 10.8 Å². The summed E-state index contributed by atoms with van der Waals surface area (Å²) >= 11 is 3.70. The van der Waals surface area contributed by atoms with E-state index in [-0.39, 0.29) is 41.4 Å². The maximum atomic E-state index is 13.6. The number of phenols is 1. The number of carbonyl (C=O) groups excluding carboxylic acids is 2. The van der Waals surface area contributed by atoms with Gasteiger partial charge >= 0.3 is 0 Å². The Balaban J connectivity index is 1.36. The molecule has 2 aliphatic heterocycles. The molecule has 4 atom stereocenters. The summed E-state index contributed by atoms with van der Waals surface area (Å²) in [5.41, 5.74) is 4.88. The lowest BCUT2D eigenvalue weighted by molar-refractivity contribution is -0.140. The molecule has 208 valence electrons. The fraction of sp³-hybridized carbons (Fsp3) is 0.484. The van der Waals surface area contributed by atoms with Crippen LogP contribution in [0.3, 0.4) is 0 Å². The van der Waals surface area contributed by atoms with Gasteiger partial charge in [-0.05, 0) is 88.9 Å². The minimum Gasteiger partial charge on any atom is -0.504 e.